The lowest BCUT2D eigenvalue weighted by Gasteiger charge is -2.14. The second kappa shape index (κ2) is 6.30. The van der Waals surface area contributed by atoms with Gasteiger partial charge in [-0.3, -0.25) is 4.79 Å². The Bertz CT molecular complexity index is 767. The van der Waals surface area contributed by atoms with E-state index in [0.717, 1.165) is 19.0 Å². The van der Waals surface area contributed by atoms with Crippen LogP contribution in [0, 0.1) is 11.7 Å². The molecule has 0 saturated carbocycles. The summed E-state index contributed by atoms with van der Waals surface area (Å²) in [5.41, 5.74) is 0.723. The van der Waals surface area contributed by atoms with E-state index in [1.807, 2.05) is 0 Å². The second-order valence-corrected chi connectivity index (χ2v) is 5.57. The zero-order chi connectivity index (χ0) is 16.4. The predicted octanol–water partition coefficient (Wildman–Crippen LogP) is 2.98. The smallest absolute Gasteiger partial charge is 0.339 e. The van der Waals surface area contributed by atoms with Gasteiger partial charge in [0.15, 0.2) is 5.78 Å². The lowest BCUT2D eigenvalue weighted by molar-refractivity contribution is 0.0692. The molecule has 1 saturated heterocycles. The van der Waals surface area contributed by atoms with Gasteiger partial charge in [0, 0.05) is 18.0 Å². The van der Waals surface area contributed by atoms with Crippen molar-refractivity contribution in [1.29, 1.82) is 0 Å². The van der Waals surface area contributed by atoms with Gasteiger partial charge in [0.1, 0.15) is 11.4 Å². The van der Waals surface area contributed by atoms with Crippen molar-refractivity contribution in [3.63, 3.8) is 0 Å². The molecule has 2 aromatic carbocycles. The molecule has 0 aliphatic carbocycles. The van der Waals surface area contributed by atoms with Crippen LogP contribution < -0.4 is 5.32 Å². The number of carbonyl (C=O) groups excluding carboxylic acids is 1. The van der Waals surface area contributed by atoms with Crippen LogP contribution in [-0.2, 0) is 0 Å². The van der Waals surface area contributed by atoms with E-state index in [1.165, 1.54) is 12.1 Å². The van der Waals surface area contributed by atoms with Crippen LogP contribution in [0.5, 0.6) is 0 Å². The standard InChI is InChI=1S/C18H16FNO3/c19-15-7-3-6-13(16(15)18(22)23)12-4-1-2-5-14(12)17(21)11-8-9-20-10-11/h1-7,11,20H,8-10H2,(H,22,23). The highest BCUT2D eigenvalue weighted by atomic mass is 19.1. The van der Waals surface area contributed by atoms with Gasteiger partial charge in [-0.1, -0.05) is 36.4 Å². The Morgan fingerprint density at radius 2 is 1.83 bits per heavy atom. The van der Waals surface area contributed by atoms with Crippen LogP contribution in [0.4, 0.5) is 4.39 Å². The highest BCUT2D eigenvalue weighted by Gasteiger charge is 2.27. The summed E-state index contributed by atoms with van der Waals surface area (Å²) in [5.74, 6) is -2.31. The summed E-state index contributed by atoms with van der Waals surface area (Å²) in [7, 11) is 0. The number of Topliss-reactive ketones (excluding diaryl/α,β-unsaturated/α-hetero) is 1. The summed E-state index contributed by atoms with van der Waals surface area (Å²) < 4.78 is 13.9. The SMILES string of the molecule is O=C(O)c1c(F)cccc1-c1ccccc1C(=O)C1CCNC1. The summed E-state index contributed by atoms with van der Waals surface area (Å²) in [4.78, 5) is 24.1. The number of carboxylic acid groups (broad SMARTS) is 1. The molecular weight excluding hydrogens is 297 g/mol. The molecule has 1 unspecified atom stereocenters. The molecular formula is C18H16FNO3. The molecule has 1 heterocycles. The van der Waals surface area contributed by atoms with Crippen molar-refractivity contribution in [2.75, 3.05) is 13.1 Å². The number of carbonyl (C=O) groups is 2. The lowest BCUT2D eigenvalue weighted by Crippen LogP contribution is -2.19. The van der Waals surface area contributed by atoms with Crippen molar-refractivity contribution in [2.45, 2.75) is 6.42 Å². The first-order valence-electron chi connectivity index (χ1n) is 7.45. The van der Waals surface area contributed by atoms with Gasteiger partial charge in [0.25, 0.3) is 0 Å². The maximum Gasteiger partial charge on any atom is 0.339 e. The number of hydrogen-bond donors (Lipinski definition) is 2. The highest BCUT2D eigenvalue weighted by Crippen LogP contribution is 2.31. The minimum absolute atomic E-state index is 0.0359. The van der Waals surface area contributed by atoms with E-state index in [9.17, 15) is 19.1 Å². The molecule has 0 radical (unpaired) electrons. The maximum atomic E-state index is 13.9. The fourth-order valence-electron chi connectivity index (χ4n) is 3.00. The molecule has 1 atom stereocenters. The quantitative estimate of drug-likeness (QED) is 0.852. The van der Waals surface area contributed by atoms with Gasteiger partial charge in [-0.05, 0) is 30.2 Å². The number of rotatable bonds is 4. The fourth-order valence-corrected chi connectivity index (χ4v) is 3.00. The van der Waals surface area contributed by atoms with E-state index in [0.29, 0.717) is 17.7 Å². The van der Waals surface area contributed by atoms with E-state index < -0.39 is 17.3 Å². The molecule has 4 nitrogen and oxygen atoms in total. The second-order valence-electron chi connectivity index (χ2n) is 5.57. The van der Waals surface area contributed by atoms with Gasteiger partial charge in [-0.2, -0.15) is 0 Å². The van der Waals surface area contributed by atoms with Crippen LogP contribution in [0.15, 0.2) is 42.5 Å². The van der Waals surface area contributed by atoms with Crippen LogP contribution in [0.25, 0.3) is 11.1 Å². The Morgan fingerprint density at radius 1 is 1.09 bits per heavy atom. The number of hydrogen-bond acceptors (Lipinski definition) is 3. The van der Waals surface area contributed by atoms with Crippen LogP contribution in [0.3, 0.4) is 0 Å². The average Bonchev–Trinajstić information content (AvgIpc) is 3.08. The lowest BCUT2D eigenvalue weighted by atomic mass is 9.88. The van der Waals surface area contributed by atoms with Gasteiger partial charge in [-0.25, -0.2) is 9.18 Å². The Labute approximate surface area is 133 Å². The van der Waals surface area contributed by atoms with Gasteiger partial charge in [0.05, 0.1) is 0 Å². The molecule has 1 aliphatic heterocycles. The van der Waals surface area contributed by atoms with E-state index in [1.54, 1.807) is 24.3 Å². The molecule has 5 heteroatoms. The molecule has 1 aliphatic rings. The minimum atomic E-state index is -1.34. The number of benzene rings is 2. The first-order valence-corrected chi connectivity index (χ1v) is 7.45. The first-order chi connectivity index (χ1) is 11.1. The summed E-state index contributed by atoms with van der Waals surface area (Å²) in [6.07, 6.45) is 0.752. The summed E-state index contributed by atoms with van der Waals surface area (Å²) in [6, 6.07) is 10.9. The predicted molar refractivity (Wildman–Crippen MR) is 84.1 cm³/mol. The number of carboxylic acids is 1. The van der Waals surface area contributed by atoms with E-state index in [2.05, 4.69) is 5.32 Å². The van der Waals surface area contributed by atoms with Crippen LogP contribution >= 0.6 is 0 Å². The summed E-state index contributed by atoms with van der Waals surface area (Å²) in [5, 5.41) is 12.5. The number of aromatic carboxylic acids is 1. The Morgan fingerprint density at radius 3 is 2.52 bits per heavy atom. The zero-order valence-corrected chi connectivity index (χ0v) is 12.4. The molecule has 2 aromatic rings. The van der Waals surface area contributed by atoms with Gasteiger partial charge in [-0.15, -0.1) is 0 Å². The number of ketones is 1. The summed E-state index contributed by atoms with van der Waals surface area (Å²) >= 11 is 0. The van der Waals surface area contributed by atoms with Gasteiger partial charge >= 0.3 is 5.97 Å². The van der Waals surface area contributed by atoms with Gasteiger partial charge < -0.3 is 10.4 Å². The van der Waals surface area contributed by atoms with Crippen LogP contribution in [0.1, 0.15) is 27.1 Å². The Hall–Kier alpha value is -2.53. The number of nitrogens with one attached hydrogen (secondary N) is 1. The van der Waals surface area contributed by atoms with Crippen molar-refractivity contribution in [1.82, 2.24) is 5.32 Å². The molecule has 0 aromatic heterocycles. The zero-order valence-electron chi connectivity index (χ0n) is 12.4. The topological polar surface area (TPSA) is 66.4 Å². The molecule has 23 heavy (non-hydrogen) atoms. The molecule has 3 rings (SSSR count). The van der Waals surface area contributed by atoms with Crippen molar-refractivity contribution in [3.8, 4) is 11.1 Å². The highest BCUT2D eigenvalue weighted by molar-refractivity contribution is 6.06. The fraction of sp³-hybridized carbons (Fsp3) is 0.222. The average molecular weight is 313 g/mol. The van der Waals surface area contributed by atoms with Crippen molar-refractivity contribution < 1.29 is 19.1 Å². The van der Waals surface area contributed by atoms with E-state index >= 15 is 0 Å². The molecule has 1 fully saturated rings. The van der Waals surface area contributed by atoms with Crippen LogP contribution in [-0.4, -0.2) is 29.9 Å². The third kappa shape index (κ3) is 2.87. The molecule has 0 bridgehead atoms. The van der Waals surface area contributed by atoms with E-state index in [-0.39, 0.29) is 17.3 Å². The normalized spacial score (nSPS) is 17.2. The van der Waals surface area contributed by atoms with Gasteiger partial charge in [0.2, 0.25) is 0 Å². The number of halogens is 1. The Balaban J connectivity index is 2.13. The molecule has 2 N–H and O–H groups in total. The minimum Gasteiger partial charge on any atom is -0.478 e. The van der Waals surface area contributed by atoms with Crippen molar-refractivity contribution in [2.24, 2.45) is 5.92 Å². The monoisotopic (exact) mass is 313 g/mol. The van der Waals surface area contributed by atoms with E-state index in [4.69, 9.17) is 0 Å². The first kappa shape index (κ1) is 15.4. The summed E-state index contributed by atoms with van der Waals surface area (Å²) in [6.45, 7) is 1.40. The van der Waals surface area contributed by atoms with Crippen LogP contribution in [0.2, 0.25) is 0 Å². The largest absolute Gasteiger partial charge is 0.478 e. The van der Waals surface area contributed by atoms with Crippen molar-refractivity contribution >= 4 is 11.8 Å². The maximum absolute atomic E-state index is 13.9. The molecule has 0 spiro atoms. The Kier molecular flexibility index (Phi) is 4.21. The molecule has 118 valence electrons. The molecule has 0 amide bonds. The third-order valence-electron chi connectivity index (χ3n) is 4.14. The third-order valence-corrected chi connectivity index (χ3v) is 4.14. The van der Waals surface area contributed by atoms with Crippen molar-refractivity contribution in [3.05, 3.63) is 59.4 Å².